The summed E-state index contributed by atoms with van der Waals surface area (Å²) in [5.41, 5.74) is 3.42. The third-order valence-electron chi connectivity index (χ3n) is 4.77. The molecule has 0 saturated carbocycles. The van der Waals surface area contributed by atoms with Gasteiger partial charge in [0.25, 0.3) is 0 Å². The molecule has 0 aliphatic rings. The molecule has 2 atom stereocenters. The predicted molar refractivity (Wildman–Crippen MR) is 125 cm³/mol. The van der Waals surface area contributed by atoms with E-state index in [1.54, 1.807) is 26.0 Å². The number of carbonyl (C=O) groups is 2. The van der Waals surface area contributed by atoms with Gasteiger partial charge in [0.15, 0.2) is 0 Å². The molecule has 1 amide bonds. The highest BCUT2D eigenvalue weighted by Gasteiger charge is 2.18. The Morgan fingerprint density at radius 1 is 1.19 bits per heavy atom. The fraction of sp³-hybridized carbons (Fsp3) is 0.261. The molecule has 1 aromatic heterocycles. The minimum atomic E-state index is -0.809. The van der Waals surface area contributed by atoms with Gasteiger partial charge in [0.05, 0.1) is 5.25 Å². The number of hydrogen-bond acceptors (Lipinski definition) is 6. The van der Waals surface area contributed by atoms with Crippen molar-refractivity contribution in [1.29, 1.82) is 0 Å². The van der Waals surface area contributed by atoms with Crippen molar-refractivity contribution in [3.63, 3.8) is 0 Å². The van der Waals surface area contributed by atoms with Crippen molar-refractivity contribution in [2.45, 2.75) is 31.6 Å². The molecule has 2 N–H and O–H groups in total. The van der Waals surface area contributed by atoms with Gasteiger partial charge in [-0.3, -0.25) is 10.1 Å². The van der Waals surface area contributed by atoms with Crippen LogP contribution in [0.15, 0.2) is 59.3 Å². The summed E-state index contributed by atoms with van der Waals surface area (Å²) >= 11 is 7.56. The maximum Gasteiger partial charge on any atom is 0.412 e. The Morgan fingerprint density at radius 2 is 1.91 bits per heavy atom. The van der Waals surface area contributed by atoms with Crippen LogP contribution in [0.4, 0.5) is 10.5 Å². The summed E-state index contributed by atoms with van der Waals surface area (Å²) in [6.07, 6.45) is 0.906. The Morgan fingerprint density at radius 3 is 2.59 bits per heavy atom. The highest BCUT2D eigenvalue weighted by molar-refractivity contribution is 8.00. The van der Waals surface area contributed by atoms with E-state index >= 15 is 0 Å². The zero-order chi connectivity index (χ0) is 23.1. The van der Waals surface area contributed by atoms with Crippen molar-refractivity contribution in [3.05, 3.63) is 70.9 Å². The highest BCUT2D eigenvalue weighted by atomic mass is 35.5. The number of nitrogens with one attached hydrogen (secondary N) is 1. The van der Waals surface area contributed by atoms with Crippen molar-refractivity contribution in [3.8, 4) is 11.3 Å². The number of ether oxygens (including phenoxy) is 1. The molecule has 9 heteroatoms. The maximum absolute atomic E-state index is 12.4. The van der Waals surface area contributed by atoms with Gasteiger partial charge in [-0.2, -0.15) is 0 Å². The first-order valence-corrected chi connectivity index (χ1v) is 11.4. The summed E-state index contributed by atoms with van der Waals surface area (Å²) in [4.78, 5) is 23.3. The lowest BCUT2D eigenvalue weighted by atomic mass is 10.1. The number of carboxylic acids is 1. The molecule has 1 heterocycles. The monoisotopic (exact) mass is 474 g/mol. The third kappa shape index (κ3) is 6.27. The van der Waals surface area contributed by atoms with Crippen molar-refractivity contribution >= 4 is 41.1 Å². The summed E-state index contributed by atoms with van der Waals surface area (Å²) in [5, 5.41) is 15.7. The van der Waals surface area contributed by atoms with Crippen LogP contribution in [0, 0.1) is 0 Å². The largest absolute Gasteiger partial charge is 0.480 e. The smallest absolute Gasteiger partial charge is 0.412 e. The number of carbonyl (C=O) groups excluding carboxylic acids is 1. The van der Waals surface area contributed by atoms with Crippen molar-refractivity contribution in [1.82, 2.24) is 5.16 Å². The first-order chi connectivity index (χ1) is 15.3. The Kier molecular flexibility index (Phi) is 8.19. The number of carboxylic acid groups (broad SMARTS) is 1. The molecule has 168 valence electrons. The number of anilines is 1. The standard InChI is InChI=1S/C23H23ClN2O5S/c1-14(18-5-3-4-6-19(18)24)31-23(29)25-20-13-30-26-21(20)17-9-7-16(8-10-17)11-12-32-15(2)22(27)28/h3-10,13-15H,11-12H2,1-2H3,(H,25,29)(H,27,28). The van der Waals surface area contributed by atoms with Crippen LogP contribution in [0.25, 0.3) is 11.3 Å². The fourth-order valence-electron chi connectivity index (χ4n) is 2.96. The van der Waals surface area contributed by atoms with Gasteiger partial charge in [-0.05, 0) is 37.7 Å². The molecule has 2 unspecified atom stereocenters. The van der Waals surface area contributed by atoms with Gasteiger partial charge in [-0.15, -0.1) is 11.8 Å². The number of benzene rings is 2. The number of nitrogens with zero attached hydrogens (tertiary/aromatic N) is 1. The van der Waals surface area contributed by atoms with Gasteiger partial charge < -0.3 is 14.4 Å². The van der Waals surface area contributed by atoms with E-state index in [0.717, 1.165) is 17.5 Å². The number of thioether (sulfide) groups is 1. The summed E-state index contributed by atoms with van der Waals surface area (Å²) in [6.45, 7) is 3.42. The molecule has 7 nitrogen and oxygen atoms in total. The molecular formula is C23H23ClN2O5S. The summed E-state index contributed by atoms with van der Waals surface area (Å²) < 4.78 is 10.5. The van der Waals surface area contributed by atoms with E-state index in [-0.39, 0.29) is 0 Å². The van der Waals surface area contributed by atoms with E-state index in [2.05, 4.69) is 10.5 Å². The molecule has 3 rings (SSSR count). The van der Waals surface area contributed by atoms with Crippen LogP contribution in [0.2, 0.25) is 5.02 Å². The van der Waals surface area contributed by atoms with E-state index in [4.69, 9.17) is 26.0 Å². The van der Waals surface area contributed by atoms with Crippen LogP contribution in [0.5, 0.6) is 0 Å². The van der Waals surface area contributed by atoms with Gasteiger partial charge in [-0.1, -0.05) is 59.2 Å². The lowest BCUT2D eigenvalue weighted by Gasteiger charge is -2.15. The number of rotatable bonds is 9. The second-order valence-corrected chi connectivity index (χ2v) is 8.92. The molecule has 0 aliphatic heterocycles. The molecular weight excluding hydrogens is 452 g/mol. The summed E-state index contributed by atoms with van der Waals surface area (Å²) in [6, 6.07) is 14.8. The highest BCUT2D eigenvalue weighted by Crippen LogP contribution is 2.29. The third-order valence-corrected chi connectivity index (χ3v) is 6.25. The van der Waals surface area contributed by atoms with E-state index in [9.17, 15) is 9.59 Å². The number of halogens is 1. The zero-order valence-electron chi connectivity index (χ0n) is 17.6. The molecule has 3 aromatic rings. The second kappa shape index (κ2) is 11.1. The number of aliphatic carboxylic acids is 1. The van der Waals surface area contributed by atoms with E-state index in [1.165, 1.54) is 18.0 Å². The maximum atomic E-state index is 12.4. The molecule has 32 heavy (non-hydrogen) atoms. The summed E-state index contributed by atoms with van der Waals surface area (Å²) in [5.74, 6) is -0.102. The lowest BCUT2D eigenvalue weighted by Crippen LogP contribution is -2.16. The summed E-state index contributed by atoms with van der Waals surface area (Å²) in [7, 11) is 0. The number of aromatic nitrogens is 1. The Labute approximate surface area is 195 Å². The molecule has 0 fully saturated rings. The van der Waals surface area contributed by atoms with E-state index < -0.39 is 23.4 Å². The molecule has 0 radical (unpaired) electrons. The van der Waals surface area contributed by atoms with Gasteiger partial charge >= 0.3 is 12.1 Å². The topological polar surface area (TPSA) is 102 Å². The van der Waals surface area contributed by atoms with Crippen LogP contribution < -0.4 is 5.32 Å². The van der Waals surface area contributed by atoms with Crippen LogP contribution in [0.1, 0.15) is 31.1 Å². The van der Waals surface area contributed by atoms with Crippen LogP contribution in [-0.4, -0.2) is 33.3 Å². The van der Waals surface area contributed by atoms with Gasteiger partial charge in [0.2, 0.25) is 0 Å². The Balaban J connectivity index is 1.59. The SMILES string of the molecule is CC(SCCc1ccc(-c2nocc2NC(=O)OC(C)c2ccccc2Cl)cc1)C(=O)O. The minimum absolute atomic E-state index is 0.389. The van der Waals surface area contributed by atoms with Crippen molar-refractivity contribution in [2.75, 3.05) is 11.1 Å². The number of hydrogen-bond donors (Lipinski definition) is 2. The van der Waals surface area contributed by atoms with Crippen LogP contribution in [0.3, 0.4) is 0 Å². The molecule has 0 saturated heterocycles. The van der Waals surface area contributed by atoms with Crippen LogP contribution in [-0.2, 0) is 16.0 Å². The zero-order valence-corrected chi connectivity index (χ0v) is 19.2. The van der Waals surface area contributed by atoms with Gasteiger partial charge in [0.1, 0.15) is 23.7 Å². The van der Waals surface area contributed by atoms with Gasteiger partial charge in [0, 0.05) is 16.1 Å². The first kappa shape index (κ1) is 23.7. The lowest BCUT2D eigenvalue weighted by molar-refractivity contribution is -0.136. The first-order valence-electron chi connectivity index (χ1n) is 9.95. The quantitative estimate of drug-likeness (QED) is 0.389. The van der Waals surface area contributed by atoms with Gasteiger partial charge in [-0.25, -0.2) is 4.79 Å². The molecule has 0 bridgehead atoms. The van der Waals surface area contributed by atoms with Crippen LogP contribution >= 0.6 is 23.4 Å². The fourth-order valence-corrected chi connectivity index (χ4v) is 4.10. The minimum Gasteiger partial charge on any atom is -0.480 e. The molecule has 2 aromatic carbocycles. The van der Waals surface area contributed by atoms with E-state index in [0.29, 0.717) is 27.7 Å². The Hall–Kier alpha value is -2.97. The molecule has 0 aliphatic carbocycles. The number of amides is 1. The second-order valence-electron chi connectivity index (χ2n) is 7.07. The van der Waals surface area contributed by atoms with Crippen molar-refractivity contribution < 1.29 is 24.0 Å². The normalized spacial score (nSPS) is 12.7. The van der Waals surface area contributed by atoms with Crippen molar-refractivity contribution in [2.24, 2.45) is 0 Å². The number of aryl methyl sites for hydroxylation is 1. The predicted octanol–water partition coefficient (Wildman–Crippen LogP) is 6.05. The molecule has 0 spiro atoms. The average molecular weight is 475 g/mol. The average Bonchev–Trinajstić information content (AvgIpc) is 3.22. The van der Waals surface area contributed by atoms with E-state index in [1.807, 2.05) is 36.4 Å². The Bertz CT molecular complexity index is 1070.